The van der Waals surface area contributed by atoms with Gasteiger partial charge in [0.1, 0.15) is 5.82 Å². The lowest BCUT2D eigenvalue weighted by atomic mass is 9.93. The monoisotopic (exact) mass is 478 g/mol. The van der Waals surface area contributed by atoms with Gasteiger partial charge in [0, 0.05) is 23.5 Å². The molecule has 4 rings (SSSR count). The van der Waals surface area contributed by atoms with Crippen molar-refractivity contribution in [1.82, 2.24) is 10.2 Å². The summed E-state index contributed by atoms with van der Waals surface area (Å²) in [6.07, 6.45) is 0.577. The van der Waals surface area contributed by atoms with E-state index in [4.69, 9.17) is 0 Å². The molecule has 1 heterocycles. The Morgan fingerprint density at radius 1 is 1.06 bits per heavy atom. The van der Waals surface area contributed by atoms with Crippen molar-refractivity contribution in [2.24, 2.45) is 0 Å². The first-order chi connectivity index (χ1) is 16.5. The summed E-state index contributed by atoms with van der Waals surface area (Å²) in [4.78, 5) is 29.0. The molecule has 3 aromatic rings. The molecule has 2 N–H and O–H groups in total. The van der Waals surface area contributed by atoms with Crippen LogP contribution < -0.4 is 5.32 Å². The fourth-order valence-electron chi connectivity index (χ4n) is 4.19. The van der Waals surface area contributed by atoms with E-state index in [1.165, 1.54) is 12.1 Å². The van der Waals surface area contributed by atoms with Crippen molar-refractivity contribution >= 4 is 23.6 Å². The van der Waals surface area contributed by atoms with Crippen molar-refractivity contribution in [1.29, 1.82) is 0 Å². The lowest BCUT2D eigenvalue weighted by Crippen LogP contribution is -2.41. The molecule has 0 spiro atoms. The van der Waals surface area contributed by atoms with Gasteiger partial charge in [-0.25, -0.2) is 4.39 Å². The third-order valence-corrected chi connectivity index (χ3v) is 7.09. The molecule has 176 valence electrons. The van der Waals surface area contributed by atoms with Gasteiger partial charge in [0.15, 0.2) is 0 Å². The van der Waals surface area contributed by atoms with Crippen molar-refractivity contribution in [3.63, 3.8) is 0 Å². The molecule has 0 saturated carbocycles. The quantitative estimate of drug-likeness (QED) is 0.496. The number of aliphatic hydroxyl groups is 1. The van der Waals surface area contributed by atoms with E-state index < -0.39 is 6.04 Å². The Bertz CT molecular complexity index is 1150. The lowest BCUT2D eigenvalue weighted by Gasteiger charge is -2.32. The van der Waals surface area contributed by atoms with Gasteiger partial charge in [0.25, 0.3) is 5.91 Å². The third kappa shape index (κ3) is 5.48. The molecule has 5 nitrogen and oxygen atoms in total. The Balaban J connectivity index is 1.45. The highest BCUT2D eigenvalue weighted by Crippen LogP contribution is 2.28. The second-order valence-electron chi connectivity index (χ2n) is 8.29. The standard InChI is InChI=1S/C27H27FN2O3S/c1-18(34-22-7-3-2-4-8-22)27(33)30-15-14-23-20(16-30)6-5-9-24(23)26(32)29-25(17-31)19-10-12-21(28)13-11-19/h2-13,18,25,31H,14-17H2,1H3,(H,29,32). The molecule has 0 aliphatic carbocycles. The SMILES string of the molecule is CC(Sc1ccccc1)C(=O)N1CCc2c(cccc2C(=O)NC(CO)c2ccc(F)cc2)C1. The van der Waals surface area contributed by atoms with Crippen LogP contribution in [0.3, 0.4) is 0 Å². The van der Waals surface area contributed by atoms with Crippen LogP contribution in [0.5, 0.6) is 0 Å². The molecule has 2 unspecified atom stereocenters. The van der Waals surface area contributed by atoms with E-state index in [9.17, 15) is 19.1 Å². The first-order valence-electron chi connectivity index (χ1n) is 11.2. The Hall–Kier alpha value is -3.16. The summed E-state index contributed by atoms with van der Waals surface area (Å²) >= 11 is 1.54. The minimum atomic E-state index is -0.638. The number of carbonyl (C=O) groups excluding carboxylic acids is 2. The molecule has 0 bridgehead atoms. The van der Waals surface area contributed by atoms with Crippen LogP contribution in [0.25, 0.3) is 0 Å². The van der Waals surface area contributed by atoms with Gasteiger partial charge in [0.05, 0.1) is 17.9 Å². The van der Waals surface area contributed by atoms with Crippen LogP contribution in [-0.2, 0) is 17.8 Å². The second-order valence-corrected chi connectivity index (χ2v) is 9.70. The number of halogens is 1. The summed E-state index contributed by atoms with van der Waals surface area (Å²) in [5.74, 6) is -0.599. The number of thioether (sulfide) groups is 1. The topological polar surface area (TPSA) is 69.6 Å². The van der Waals surface area contributed by atoms with Gasteiger partial charge in [-0.15, -0.1) is 11.8 Å². The molecule has 1 aliphatic heterocycles. The van der Waals surface area contributed by atoms with Crippen molar-refractivity contribution < 1.29 is 19.1 Å². The van der Waals surface area contributed by atoms with E-state index in [1.54, 1.807) is 30.0 Å². The van der Waals surface area contributed by atoms with Crippen molar-refractivity contribution in [2.45, 2.75) is 36.1 Å². The Labute approximate surface area is 203 Å². The van der Waals surface area contributed by atoms with Crippen molar-refractivity contribution in [3.05, 3.63) is 101 Å². The summed E-state index contributed by atoms with van der Waals surface area (Å²) in [6, 6.07) is 20.5. The first kappa shape index (κ1) is 24.0. The minimum Gasteiger partial charge on any atom is -0.394 e. The lowest BCUT2D eigenvalue weighted by molar-refractivity contribution is -0.131. The molecule has 3 aromatic carbocycles. The summed E-state index contributed by atoms with van der Waals surface area (Å²) in [7, 11) is 0. The highest BCUT2D eigenvalue weighted by Gasteiger charge is 2.28. The number of hydrogen-bond acceptors (Lipinski definition) is 4. The van der Waals surface area contributed by atoms with Crippen LogP contribution >= 0.6 is 11.8 Å². The van der Waals surface area contributed by atoms with Gasteiger partial charge < -0.3 is 15.3 Å². The molecular formula is C27H27FN2O3S. The van der Waals surface area contributed by atoms with Gasteiger partial charge in [0.2, 0.25) is 5.91 Å². The third-order valence-electron chi connectivity index (χ3n) is 5.99. The van der Waals surface area contributed by atoms with Crippen molar-refractivity contribution in [2.75, 3.05) is 13.2 Å². The molecule has 1 aliphatic rings. The smallest absolute Gasteiger partial charge is 0.252 e. The zero-order chi connectivity index (χ0) is 24.1. The predicted octanol–water partition coefficient (Wildman–Crippen LogP) is 4.35. The second kappa shape index (κ2) is 10.8. The number of rotatable bonds is 7. The predicted molar refractivity (Wildman–Crippen MR) is 131 cm³/mol. The van der Waals surface area contributed by atoms with Gasteiger partial charge in [-0.1, -0.05) is 42.5 Å². The van der Waals surface area contributed by atoms with Crippen molar-refractivity contribution in [3.8, 4) is 0 Å². The van der Waals surface area contributed by atoms with Gasteiger partial charge in [-0.3, -0.25) is 9.59 Å². The minimum absolute atomic E-state index is 0.0750. The number of benzene rings is 3. The molecular weight excluding hydrogens is 451 g/mol. The molecule has 0 aromatic heterocycles. The first-order valence-corrected chi connectivity index (χ1v) is 12.1. The van der Waals surface area contributed by atoms with Gasteiger partial charge >= 0.3 is 0 Å². The van der Waals surface area contributed by atoms with Crippen LogP contribution in [0.2, 0.25) is 0 Å². The number of nitrogens with one attached hydrogen (secondary N) is 1. The Kier molecular flexibility index (Phi) is 7.65. The van der Waals surface area contributed by atoms with E-state index in [0.29, 0.717) is 30.6 Å². The number of amides is 2. The van der Waals surface area contributed by atoms with E-state index in [1.807, 2.05) is 54.3 Å². The van der Waals surface area contributed by atoms with Crippen LogP contribution in [0, 0.1) is 5.82 Å². The number of aliphatic hydroxyl groups excluding tert-OH is 1. The van der Waals surface area contributed by atoms with Crippen LogP contribution in [0.4, 0.5) is 4.39 Å². The molecule has 2 atom stereocenters. The van der Waals surface area contributed by atoms with E-state index in [0.717, 1.165) is 16.0 Å². The summed E-state index contributed by atoms with van der Waals surface area (Å²) in [5, 5.41) is 12.4. The van der Waals surface area contributed by atoms with Crippen LogP contribution in [0.15, 0.2) is 77.7 Å². The van der Waals surface area contributed by atoms with E-state index in [2.05, 4.69) is 5.32 Å². The highest BCUT2D eigenvalue weighted by molar-refractivity contribution is 8.00. The van der Waals surface area contributed by atoms with Crippen LogP contribution in [0.1, 0.15) is 40.0 Å². The maximum atomic E-state index is 13.2. The number of carbonyl (C=O) groups is 2. The average molecular weight is 479 g/mol. The molecule has 2 amide bonds. The molecule has 0 fully saturated rings. The number of fused-ring (bicyclic) bond motifs is 1. The van der Waals surface area contributed by atoms with E-state index >= 15 is 0 Å². The average Bonchev–Trinajstić information content (AvgIpc) is 2.87. The van der Waals surface area contributed by atoms with Crippen LogP contribution in [-0.4, -0.2) is 40.2 Å². The fourth-order valence-corrected chi connectivity index (χ4v) is 5.16. The molecule has 7 heteroatoms. The van der Waals surface area contributed by atoms with E-state index in [-0.39, 0.29) is 29.5 Å². The van der Waals surface area contributed by atoms with Gasteiger partial charge in [-0.2, -0.15) is 0 Å². The molecule has 0 saturated heterocycles. The largest absolute Gasteiger partial charge is 0.394 e. The number of nitrogens with zero attached hydrogens (tertiary/aromatic N) is 1. The Morgan fingerprint density at radius 3 is 2.50 bits per heavy atom. The molecule has 0 radical (unpaired) electrons. The normalized spacial score (nSPS) is 14.7. The number of hydrogen-bond donors (Lipinski definition) is 2. The maximum absolute atomic E-state index is 13.2. The highest BCUT2D eigenvalue weighted by atomic mass is 32.2. The van der Waals surface area contributed by atoms with Gasteiger partial charge in [-0.05, 0) is 60.4 Å². The summed E-state index contributed by atoms with van der Waals surface area (Å²) in [5.41, 5.74) is 3.04. The summed E-state index contributed by atoms with van der Waals surface area (Å²) < 4.78 is 13.2. The fraction of sp³-hybridized carbons (Fsp3) is 0.259. The zero-order valence-corrected chi connectivity index (χ0v) is 19.7. The molecule has 34 heavy (non-hydrogen) atoms. The Morgan fingerprint density at radius 2 is 1.79 bits per heavy atom. The maximum Gasteiger partial charge on any atom is 0.252 e. The zero-order valence-electron chi connectivity index (χ0n) is 18.9. The summed E-state index contributed by atoms with van der Waals surface area (Å²) in [6.45, 7) is 2.61.